The number of hydrogen-bond acceptors (Lipinski definition) is 4. The molecule has 1 amide bonds. The van der Waals surface area contributed by atoms with Crippen LogP contribution >= 0.6 is 0 Å². The van der Waals surface area contributed by atoms with Gasteiger partial charge in [-0.05, 0) is 24.3 Å². The molecule has 0 bridgehead atoms. The molecule has 0 aliphatic carbocycles. The van der Waals surface area contributed by atoms with Crippen LogP contribution < -0.4 is 26.7 Å². The molecule has 0 saturated carbocycles. The molecule has 7 heteroatoms. The second-order valence-corrected chi connectivity index (χ2v) is 6.02. The summed E-state index contributed by atoms with van der Waals surface area (Å²) < 4.78 is 3.60. The molecule has 7 nitrogen and oxygen atoms in total. The van der Waals surface area contributed by atoms with Crippen LogP contribution in [0.2, 0.25) is 0 Å². The molecule has 1 aliphatic rings. The quantitative estimate of drug-likeness (QED) is 0.469. The van der Waals surface area contributed by atoms with E-state index < -0.39 is 17.2 Å². The molecule has 0 saturated heterocycles. The lowest BCUT2D eigenvalue weighted by Crippen LogP contribution is -2.63. The van der Waals surface area contributed by atoms with E-state index in [2.05, 4.69) is 11.6 Å². The van der Waals surface area contributed by atoms with Gasteiger partial charge in [-0.15, -0.1) is 4.57 Å². The Bertz CT molecular complexity index is 1330. The molecule has 2 aromatic carbocycles. The van der Waals surface area contributed by atoms with Crippen LogP contribution in [0.15, 0.2) is 87.5 Å². The molecule has 1 aromatic heterocycles. The SMILES string of the molecule is C=C1N=c2c(=O)n(-c3ccccc3)c(=O)n(-c3ccccc3)c2=[N+](C)C1=O. The number of benzene rings is 2. The minimum absolute atomic E-state index is 0.00518. The van der Waals surface area contributed by atoms with E-state index in [0.717, 1.165) is 4.57 Å². The lowest BCUT2D eigenvalue weighted by molar-refractivity contribution is -0.119. The number of nitrogens with zero attached hydrogens (tertiary/aromatic N) is 4. The summed E-state index contributed by atoms with van der Waals surface area (Å²) in [6.45, 7) is 3.62. The molecule has 0 spiro atoms. The van der Waals surface area contributed by atoms with Gasteiger partial charge in [-0.1, -0.05) is 43.0 Å². The highest BCUT2D eigenvalue weighted by Crippen LogP contribution is 2.04. The van der Waals surface area contributed by atoms with E-state index in [1.165, 1.54) is 16.2 Å². The standard InChI is InChI=1S/C20H15N4O3/c1-13-18(25)22(2)17-16(21-13)19(26)24(15-11-7-4-8-12-15)20(27)23(17)14-9-5-3-6-10-14/h3-12H,1H2,2H3/q+1. The molecular weight excluding hydrogens is 344 g/mol. The molecule has 132 valence electrons. The van der Waals surface area contributed by atoms with Crippen molar-refractivity contribution >= 4 is 5.91 Å². The Morgan fingerprint density at radius 1 is 0.852 bits per heavy atom. The average molecular weight is 359 g/mol. The molecule has 27 heavy (non-hydrogen) atoms. The number of carbonyl (C=O) groups excluding carboxylic acids is 1. The summed E-state index contributed by atoms with van der Waals surface area (Å²) >= 11 is 0. The number of rotatable bonds is 2. The summed E-state index contributed by atoms with van der Waals surface area (Å²) in [6.07, 6.45) is 0. The molecule has 1 aliphatic heterocycles. The highest BCUT2D eigenvalue weighted by molar-refractivity contribution is 5.93. The van der Waals surface area contributed by atoms with Crippen molar-refractivity contribution in [2.75, 3.05) is 7.05 Å². The summed E-state index contributed by atoms with van der Waals surface area (Å²) in [5, 5.41) is -0.00518. The van der Waals surface area contributed by atoms with E-state index >= 15 is 0 Å². The second kappa shape index (κ2) is 6.14. The molecule has 0 N–H and O–H groups in total. The third kappa shape index (κ3) is 2.48. The molecule has 3 aromatic rings. The van der Waals surface area contributed by atoms with Crippen molar-refractivity contribution in [2.24, 2.45) is 4.99 Å². The van der Waals surface area contributed by atoms with Gasteiger partial charge in [-0.2, -0.15) is 4.58 Å². The summed E-state index contributed by atoms with van der Waals surface area (Å²) in [7, 11) is 1.49. The van der Waals surface area contributed by atoms with Gasteiger partial charge in [-0.3, -0.25) is 4.79 Å². The first-order valence-corrected chi connectivity index (χ1v) is 8.22. The van der Waals surface area contributed by atoms with E-state index in [-0.39, 0.29) is 16.5 Å². The van der Waals surface area contributed by atoms with Crippen molar-refractivity contribution in [3.05, 3.63) is 105 Å². The summed E-state index contributed by atoms with van der Waals surface area (Å²) in [6, 6.07) is 17.4. The van der Waals surface area contributed by atoms with Gasteiger partial charge in [-0.25, -0.2) is 19.1 Å². The number of likely N-dealkylation sites (N-methyl/N-ethyl adjacent to an activating group) is 1. The zero-order chi connectivity index (χ0) is 19.1. The van der Waals surface area contributed by atoms with Gasteiger partial charge < -0.3 is 0 Å². The van der Waals surface area contributed by atoms with E-state index in [9.17, 15) is 14.4 Å². The normalized spacial score (nSPS) is 13.3. The molecular formula is C20H15N4O3+. The zero-order valence-electron chi connectivity index (χ0n) is 14.5. The van der Waals surface area contributed by atoms with Gasteiger partial charge in [0.1, 0.15) is 11.4 Å². The Labute approximate surface area is 153 Å². The number of carbonyl (C=O) groups is 1. The highest BCUT2D eigenvalue weighted by Gasteiger charge is 2.29. The van der Waals surface area contributed by atoms with Gasteiger partial charge in [0.15, 0.2) is 0 Å². The predicted octanol–water partition coefficient (Wildman–Crippen LogP) is -0.217. The van der Waals surface area contributed by atoms with E-state index in [0.29, 0.717) is 11.4 Å². The van der Waals surface area contributed by atoms with E-state index in [1.54, 1.807) is 54.6 Å². The third-order valence-electron chi connectivity index (χ3n) is 4.36. The minimum Gasteiger partial charge on any atom is -0.266 e. The maximum atomic E-state index is 13.3. The Hall–Kier alpha value is -3.87. The highest BCUT2D eigenvalue weighted by atomic mass is 16.2. The van der Waals surface area contributed by atoms with Crippen molar-refractivity contribution in [3.8, 4) is 11.4 Å². The first-order valence-electron chi connectivity index (χ1n) is 8.22. The lowest BCUT2D eigenvalue weighted by atomic mass is 10.3. The van der Waals surface area contributed by atoms with E-state index in [4.69, 9.17) is 0 Å². The maximum absolute atomic E-state index is 13.3. The van der Waals surface area contributed by atoms with Crippen molar-refractivity contribution in [1.82, 2.24) is 13.7 Å². The van der Waals surface area contributed by atoms with Crippen LogP contribution in [0.1, 0.15) is 0 Å². The Balaban J connectivity index is 2.31. The smallest absolute Gasteiger partial charge is 0.266 e. The molecule has 4 rings (SSSR count). The predicted molar refractivity (Wildman–Crippen MR) is 99.7 cm³/mol. The first kappa shape index (κ1) is 16.6. The molecule has 2 heterocycles. The van der Waals surface area contributed by atoms with Crippen molar-refractivity contribution < 1.29 is 4.79 Å². The molecule has 0 unspecified atom stereocenters. The van der Waals surface area contributed by atoms with Gasteiger partial charge in [0.2, 0.25) is 5.36 Å². The first-order chi connectivity index (χ1) is 13.0. The zero-order valence-corrected chi connectivity index (χ0v) is 14.5. The summed E-state index contributed by atoms with van der Waals surface area (Å²) in [5.41, 5.74) is -0.181. The Morgan fingerprint density at radius 2 is 1.37 bits per heavy atom. The number of aromatic nitrogens is 2. The van der Waals surface area contributed by atoms with Gasteiger partial charge >= 0.3 is 17.1 Å². The average Bonchev–Trinajstić information content (AvgIpc) is 2.69. The summed E-state index contributed by atoms with van der Waals surface area (Å²) in [5.74, 6) is -0.469. The lowest BCUT2D eigenvalue weighted by Gasteiger charge is -2.10. The topological polar surface area (TPSA) is 76.4 Å². The van der Waals surface area contributed by atoms with Crippen LogP contribution in [0.4, 0.5) is 0 Å². The third-order valence-corrected chi connectivity index (χ3v) is 4.36. The maximum Gasteiger partial charge on any atom is 0.428 e. The molecule has 0 radical (unpaired) electrons. The number of hydrogen-bond donors (Lipinski definition) is 0. The van der Waals surface area contributed by atoms with Crippen LogP contribution in [0.5, 0.6) is 0 Å². The van der Waals surface area contributed by atoms with Crippen LogP contribution in [-0.4, -0.2) is 22.1 Å². The number of para-hydroxylation sites is 2. The monoisotopic (exact) mass is 359 g/mol. The largest absolute Gasteiger partial charge is 0.428 e. The van der Waals surface area contributed by atoms with Crippen LogP contribution in [0.3, 0.4) is 0 Å². The molecule has 0 atom stereocenters. The Morgan fingerprint density at radius 3 is 1.93 bits per heavy atom. The fourth-order valence-corrected chi connectivity index (χ4v) is 3.08. The van der Waals surface area contributed by atoms with Crippen LogP contribution in [0, 0.1) is 0 Å². The molecule has 0 fully saturated rings. The van der Waals surface area contributed by atoms with Gasteiger partial charge in [0.25, 0.3) is 5.56 Å². The van der Waals surface area contributed by atoms with Crippen LogP contribution in [0.25, 0.3) is 11.4 Å². The fraction of sp³-hybridized carbons (Fsp3) is 0.0500. The van der Waals surface area contributed by atoms with Gasteiger partial charge in [0.05, 0.1) is 12.7 Å². The number of amides is 1. The van der Waals surface area contributed by atoms with E-state index in [1.807, 2.05) is 6.07 Å². The summed E-state index contributed by atoms with van der Waals surface area (Å²) in [4.78, 5) is 42.9. The second-order valence-electron chi connectivity index (χ2n) is 6.02. The Kier molecular flexibility index (Phi) is 3.77. The minimum atomic E-state index is -0.603. The fourth-order valence-electron chi connectivity index (χ4n) is 3.08. The van der Waals surface area contributed by atoms with Crippen LogP contribution in [-0.2, 0) is 4.79 Å². The number of fused-ring (bicyclic) bond motifs is 1. The van der Waals surface area contributed by atoms with Gasteiger partial charge in [0, 0.05) is 0 Å². The van der Waals surface area contributed by atoms with Crippen molar-refractivity contribution in [2.45, 2.75) is 0 Å². The van der Waals surface area contributed by atoms with Crippen molar-refractivity contribution in [1.29, 1.82) is 0 Å². The van der Waals surface area contributed by atoms with Crippen molar-refractivity contribution in [3.63, 3.8) is 0 Å².